The number of halogens is 2. The van der Waals surface area contributed by atoms with E-state index >= 15 is 4.79 Å². The normalized spacial score (nSPS) is 26.7. The number of carbonyl (C=O) groups is 2. The van der Waals surface area contributed by atoms with Gasteiger partial charge < -0.3 is 24.3 Å². The van der Waals surface area contributed by atoms with Crippen molar-refractivity contribution in [2.75, 3.05) is 33.3 Å². The van der Waals surface area contributed by atoms with Crippen LogP contribution in [0.3, 0.4) is 0 Å². The molecule has 1 saturated heterocycles. The summed E-state index contributed by atoms with van der Waals surface area (Å²) in [5, 5.41) is 12.4. The van der Waals surface area contributed by atoms with Gasteiger partial charge in [0.2, 0.25) is 11.8 Å². The van der Waals surface area contributed by atoms with E-state index in [1.807, 2.05) is 88.9 Å². The quantitative estimate of drug-likeness (QED) is 0.104. The van der Waals surface area contributed by atoms with Crippen LogP contribution in [0, 0.1) is 23.2 Å². The number of amides is 2. The Morgan fingerprint density at radius 3 is 2.25 bits per heavy atom. The monoisotopic (exact) mass is 915 g/mol. The average Bonchev–Trinajstić information content (AvgIpc) is 3.73. The SMILES string of the molecule is Cc1ncsc1-c1ccc(CNC(=O)[C@@H]2C[C@@H](O[Si](C)(C)C(C)(C)C)CN2C(=O)[C@@H](n2cc(C34CC(CN(C)C[C@@]5(COCc6ccccc6)CC5(F)F)(C3)C4)nn2)C(C)(C)C)cc1. The molecule has 11 nitrogen and oxygen atoms in total. The fourth-order valence-electron chi connectivity index (χ4n) is 10.6. The third kappa shape index (κ3) is 9.13. The number of hydrogen-bond donors (Lipinski definition) is 1. The molecule has 15 heteroatoms. The van der Waals surface area contributed by atoms with Crippen LogP contribution in [0.25, 0.3) is 10.4 Å². The van der Waals surface area contributed by atoms with Gasteiger partial charge in [-0.3, -0.25) is 9.59 Å². The van der Waals surface area contributed by atoms with Gasteiger partial charge in [0.15, 0.2) is 8.32 Å². The zero-order valence-corrected chi connectivity index (χ0v) is 41.2. The van der Waals surface area contributed by atoms with Gasteiger partial charge in [0.25, 0.3) is 5.92 Å². The van der Waals surface area contributed by atoms with E-state index in [9.17, 15) is 13.6 Å². The fourth-order valence-corrected chi connectivity index (χ4v) is 12.8. The Kier molecular flexibility index (Phi) is 12.2. The molecule has 64 heavy (non-hydrogen) atoms. The van der Waals surface area contributed by atoms with E-state index in [1.165, 1.54) is 0 Å². The van der Waals surface area contributed by atoms with Gasteiger partial charge >= 0.3 is 0 Å². The van der Waals surface area contributed by atoms with Crippen LogP contribution in [0.4, 0.5) is 8.78 Å². The second-order valence-corrected chi connectivity index (χ2v) is 28.0. The predicted octanol–water partition coefficient (Wildman–Crippen LogP) is 9.20. The minimum Gasteiger partial charge on any atom is -0.412 e. The van der Waals surface area contributed by atoms with E-state index in [0.29, 0.717) is 26.1 Å². The molecule has 4 aliphatic carbocycles. The molecule has 346 valence electrons. The molecule has 4 saturated carbocycles. The molecule has 3 heterocycles. The number of carbonyl (C=O) groups excluding carboxylic acids is 2. The summed E-state index contributed by atoms with van der Waals surface area (Å²) in [4.78, 5) is 38.6. The molecule has 5 fully saturated rings. The third-order valence-electron chi connectivity index (χ3n) is 14.9. The van der Waals surface area contributed by atoms with Crippen molar-refractivity contribution in [2.45, 2.75) is 141 Å². The molecule has 4 aromatic rings. The fraction of sp³-hybridized carbons (Fsp3) is 0.612. The first kappa shape index (κ1) is 46.6. The summed E-state index contributed by atoms with van der Waals surface area (Å²) < 4.78 is 44.1. The summed E-state index contributed by atoms with van der Waals surface area (Å²) in [6, 6.07) is 16.4. The van der Waals surface area contributed by atoms with Gasteiger partial charge in [-0.05, 0) is 78.9 Å². The maximum atomic E-state index is 15.0. The van der Waals surface area contributed by atoms with Crippen LogP contribution in [0.5, 0.6) is 0 Å². The second-order valence-electron chi connectivity index (χ2n) is 22.4. The molecule has 2 bridgehead atoms. The van der Waals surface area contributed by atoms with Crippen molar-refractivity contribution in [3.8, 4) is 10.4 Å². The number of rotatable bonds is 17. The van der Waals surface area contributed by atoms with E-state index in [4.69, 9.17) is 14.3 Å². The molecule has 4 atom stereocenters. The van der Waals surface area contributed by atoms with Gasteiger partial charge in [0.1, 0.15) is 12.1 Å². The highest BCUT2D eigenvalue weighted by molar-refractivity contribution is 7.13. The van der Waals surface area contributed by atoms with Crippen LogP contribution in [0.2, 0.25) is 18.1 Å². The molecular weight excluding hydrogens is 849 g/mol. The summed E-state index contributed by atoms with van der Waals surface area (Å²) in [5.41, 5.74) is 4.93. The van der Waals surface area contributed by atoms with Gasteiger partial charge in [-0.25, -0.2) is 18.4 Å². The zero-order valence-electron chi connectivity index (χ0n) is 39.3. The Morgan fingerprint density at radius 1 is 0.984 bits per heavy atom. The molecule has 0 spiro atoms. The zero-order chi connectivity index (χ0) is 46.1. The molecule has 0 unspecified atom stereocenters. The Hall–Kier alpha value is -3.89. The van der Waals surface area contributed by atoms with Crippen molar-refractivity contribution in [1.29, 1.82) is 0 Å². The number of nitrogens with zero attached hydrogens (tertiary/aromatic N) is 6. The number of aromatic nitrogens is 4. The lowest BCUT2D eigenvalue weighted by Gasteiger charge is -2.71. The topological polar surface area (TPSA) is 115 Å². The molecular formula is C49H67F2N7O4SSi. The van der Waals surface area contributed by atoms with Crippen molar-refractivity contribution < 1.29 is 27.5 Å². The predicted molar refractivity (Wildman–Crippen MR) is 248 cm³/mol. The maximum Gasteiger partial charge on any atom is 0.258 e. The number of likely N-dealkylation sites (tertiary alicyclic amines) is 1. The van der Waals surface area contributed by atoms with Gasteiger partial charge in [-0.2, -0.15) is 0 Å². The summed E-state index contributed by atoms with van der Waals surface area (Å²) in [7, 11) is -0.282. The number of benzene rings is 2. The Bertz CT molecular complexity index is 2300. The van der Waals surface area contributed by atoms with Gasteiger partial charge in [0.05, 0.1) is 46.5 Å². The number of hydrogen-bond acceptors (Lipinski definition) is 9. The molecule has 2 aromatic carbocycles. The van der Waals surface area contributed by atoms with Crippen LogP contribution < -0.4 is 5.32 Å². The average molecular weight is 916 g/mol. The lowest BCUT2D eigenvalue weighted by Crippen LogP contribution is -2.68. The molecule has 2 aromatic heterocycles. The first-order chi connectivity index (χ1) is 29.9. The van der Waals surface area contributed by atoms with Crippen molar-refractivity contribution in [2.24, 2.45) is 16.2 Å². The number of aryl methyl sites for hydroxylation is 1. The van der Waals surface area contributed by atoms with E-state index < -0.39 is 37.2 Å². The molecule has 2 amide bonds. The van der Waals surface area contributed by atoms with Gasteiger partial charge in [-0.15, -0.1) is 16.4 Å². The molecule has 5 aliphatic rings. The smallest absolute Gasteiger partial charge is 0.258 e. The lowest BCUT2D eigenvalue weighted by molar-refractivity contribution is -0.158. The maximum absolute atomic E-state index is 15.0. The van der Waals surface area contributed by atoms with Crippen molar-refractivity contribution in [3.05, 3.63) is 88.8 Å². The van der Waals surface area contributed by atoms with Crippen molar-refractivity contribution >= 4 is 31.5 Å². The third-order valence-corrected chi connectivity index (χ3v) is 20.4. The highest BCUT2D eigenvalue weighted by Gasteiger charge is 2.73. The number of ether oxygens (including phenoxy) is 1. The Morgan fingerprint density at radius 2 is 1.66 bits per heavy atom. The van der Waals surface area contributed by atoms with Crippen molar-refractivity contribution in [1.82, 2.24) is 35.1 Å². The highest BCUT2D eigenvalue weighted by Crippen LogP contribution is 2.73. The number of alkyl halides is 2. The summed E-state index contributed by atoms with van der Waals surface area (Å²) >= 11 is 1.61. The van der Waals surface area contributed by atoms with E-state index in [1.54, 1.807) is 20.9 Å². The lowest BCUT2D eigenvalue weighted by atomic mass is 9.34. The van der Waals surface area contributed by atoms with Gasteiger partial charge in [0, 0.05) is 50.6 Å². The molecule has 9 rings (SSSR count). The first-order valence-electron chi connectivity index (χ1n) is 22.8. The minimum absolute atomic E-state index is 0.0310. The van der Waals surface area contributed by atoms with Crippen LogP contribution in [0.15, 0.2) is 66.3 Å². The Balaban J connectivity index is 0.925. The summed E-state index contributed by atoms with van der Waals surface area (Å²) in [6.07, 6.45) is 4.62. The van der Waals surface area contributed by atoms with Crippen LogP contribution >= 0.6 is 11.3 Å². The number of nitrogens with one attached hydrogen (secondary N) is 1. The molecule has 1 N–H and O–H groups in total. The van der Waals surface area contributed by atoms with Crippen LogP contribution in [-0.2, 0) is 37.3 Å². The molecule has 1 aliphatic heterocycles. The van der Waals surface area contributed by atoms with E-state index in [0.717, 1.165) is 58.8 Å². The van der Waals surface area contributed by atoms with Gasteiger partial charge in [-0.1, -0.05) is 101 Å². The largest absolute Gasteiger partial charge is 0.412 e. The van der Waals surface area contributed by atoms with Crippen LogP contribution in [0.1, 0.15) is 102 Å². The van der Waals surface area contributed by atoms with Crippen LogP contribution in [-0.4, -0.2) is 101 Å². The summed E-state index contributed by atoms with van der Waals surface area (Å²) in [6.45, 7) is 21.1. The Labute approximate surface area is 382 Å². The van der Waals surface area contributed by atoms with Crippen molar-refractivity contribution in [3.63, 3.8) is 0 Å². The molecule has 0 radical (unpaired) electrons. The number of thiazole rings is 1. The second kappa shape index (κ2) is 16.8. The minimum atomic E-state index is -2.73. The summed E-state index contributed by atoms with van der Waals surface area (Å²) in [5.74, 6) is -3.11. The highest BCUT2D eigenvalue weighted by atomic mass is 32.1. The first-order valence-corrected chi connectivity index (χ1v) is 26.6. The standard InChI is InChI=1S/C49H67F2N7O4SSi/c1-33-40(63-32-53-33)36-18-16-34(17-19-36)21-52-42(59)38-20-37(62-64(9,10)45(5,6)7)22-57(38)43(60)41(44(2,3)4)58-23-39(54-55-58)47-25-46(26-47,27-47)29-56(8)30-48(28-49(48,50)51)31-61-24-35-14-12-11-13-15-35/h11-19,23,32,37-38,41H,20-22,24-31H2,1-10H3,(H,52,59)/t37-,38+,41-,46?,47?,48-/m1/s1. The van der Waals surface area contributed by atoms with E-state index in [2.05, 4.69) is 66.4 Å². The van der Waals surface area contributed by atoms with E-state index in [-0.39, 0.29) is 53.4 Å².